The molecule has 0 unspecified atom stereocenters. The lowest BCUT2D eigenvalue weighted by molar-refractivity contribution is 0.606. The summed E-state index contributed by atoms with van der Waals surface area (Å²) in [5.74, 6) is 0.203. The molecule has 0 bridgehead atoms. The highest BCUT2D eigenvalue weighted by atomic mass is 79.9. The highest BCUT2D eigenvalue weighted by Gasteiger charge is 2.19. The van der Waals surface area contributed by atoms with Gasteiger partial charge in [0.05, 0.1) is 27.9 Å². The van der Waals surface area contributed by atoms with Crippen molar-refractivity contribution >= 4 is 60.0 Å². The standard InChI is InChI=1S/C16H17BrClN5O2S/c1-22(2)12-7-9(8-19-15(12)17)10-5-6-11(18)13-14(10)23(3)20-16(13)21-26(4,24)25/h5-8H,1-4H3,(H,20,21). The Kier molecular flexibility index (Phi) is 4.89. The second-order valence-corrected chi connectivity index (χ2v) is 9.00. The Morgan fingerprint density at radius 1 is 1.31 bits per heavy atom. The highest BCUT2D eigenvalue weighted by Crippen LogP contribution is 2.38. The van der Waals surface area contributed by atoms with Crippen LogP contribution in [0.5, 0.6) is 0 Å². The zero-order valence-electron chi connectivity index (χ0n) is 14.6. The maximum Gasteiger partial charge on any atom is 0.231 e. The molecule has 3 rings (SSSR count). The largest absolute Gasteiger partial charge is 0.375 e. The van der Waals surface area contributed by atoms with Crippen LogP contribution in [0.3, 0.4) is 0 Å². The van der Waals surface area contributed by atoms with Crippen LogP contribution >= 0.6 is 27.5 Å². The molecule has 26 heavy (non-hydrogen) atoms. The quantitative estimate of drug-likeness (QED) is 0.605. The van der Waals surface area contributed by atoms with Gasteiger partial charge in [0.2, 0.25) is 10.0 Å². The first-order valence-corrected chi connectivity index (χ1v) is 10.6. The number of rotatable bonds is 4. The van der Waals surface area contributed by atoms with Crippen LogP contribution in [0.1, 0.15) is 0 Å². The van der Waals surface area contributed by atoms with Crippen molar-refractivity contribution in [2.75, 3.05) is 30.0 Å². The zero-order chi connectivity index (χ0) is 19.2. The smallest absolute Gasteiger partial charge is 0.231 e. The van der Waals surface area contributed by atoms with Crippen LogP contribution in [0, 0.1) is 0 Å². The molecule has 138 valence electrons. The Hall–Kier alpha value is -1.84. The Morgan fingerprint density at radius 2 is 2.00 bits per heavy atom. The molecule has 0 aliphatic carbocycles. The normalized spacial score (nSPS) is 11.8. The third-order valence-corrected chi connectivity index (χ3v) is 5.32. The summed E-state index contributed by atoms with van der Waals surface area (Å²) >= 11 is 9.80. The minimum atomic E-state index is -3.48. The Morgan fingerprint density at radius 3 is 2.62 bits per heavy atom. The molecule has 2 heterocycles. The Labute approximate surface area is 165 Å². The van der Waals surface area contributed by atoms with Gasteiger partial charge in [0.15, 0.2) is 5.82 Å². The summed E-state index contributed by atoms with van der Waals surface area (Å²) in [6.07, 6.45) is 2.82. The average Bonchev–Trinajstić information content (AvgIpc) is 2.84. The molecule has 0 saturated heterocycles. The van der Waals surface area contributed by atoms with Crippen LogP contribution in [0.2, 0.25) is 5.02 Å². The van der Waals surface area contributed by atoms with Crippen molar-refractivity contribution in [3.63, 3.8) is 0 Å². The molecule has 1 N–H and O–H groups in total. The first-order valence-electron chi connectivity index (χ1n) is 7.54. The fourth-order valence-electron chi connectivity index (χ4n) is 2.76. The van der Waals surface area contributed by atoms with Crippen molar-refractivity contribution in [3.05, 3.63) is 34.0 Å². The topological polar surface area (TPSA) is 80.1 Å². The second kappa shape index (κ2) is 6.71. The molecular formula is C16H17BrClN5O2S. The lowest BCUT2D eigenvalue weighted by Gasteiger charge is -2.16. The minimum absolute atomic E-state index is 0.203. The number of aromatic nitrogens is 3. The number of nitrogens with zero attached hydrogens (tertiary/aromatic N) is 4. The van der Waals surface area contributed by atoms with E-state index in [1.165, 1.54) is 0 Å². The molecule has 1 aromatic carbocycles. The van der Waals surface area contributed by atoms with E-state index >= 15 is 0 Å². The summed E-state index contributed by atoms with van der Waals surface area (Å²) in [6.45, 7) is 0. The van der Waals surface area contributed by atoms with Crippen LogP contribution in [-0.4, -0.2) is 43.5 Å². The third kappa shape index (κ3) is 3.51. The summed E-state index contributed by atoms with van der Waals surface area (Å²) in [5, 5.41) is 5.26. The van der Waals surface area contributed by atoms with Gasteiger partial charge in [0, 0.05) is 38.5 Å². The van der Waals surface area contributed by atoms with Crippen molar-refractivity contribution in [3.8, 4) is 11.1 Å². The number of fused-ring (bicyclic) bond motifs is 1. The number of sulfonamides is 1. The number of hydrogen-bond acceptors (Lipinski definition) is 5. The molecule has 0 fully saturated rings. The molecule has 2 aromatic heterocycles. The first-order chi connectivity index (χ1) is 12.1. The molecule has 0 spiro atoms. The van der Waals surface area contributed by atoms with Gasteiger partial charge >= 0.3 is 0 Å². The molecule has 10 heteroatoms. The number of pyridine rings is 1. The minimum Gasteiger partial charge on any atom is -0.375 e. The summed E-state index contributed by atoms with van der Waals surface area (Å²) < 4.78 is 28.1. The molecule has 7 nitrogen and oxygen atoms in total. The molecule has 0 atom stereocenters. The lowest BCUT2D eigenvalue weighted by Crippen LogP contribution is -2.10. The van der Waals surface area contributed by atoms with Crippen molar-refractivity contribution in [1.82, 2.24) is 14.8 Å². The van der Waals surface area contributed by atoms with Crippen molar-refractivity contribution in [2.45, 2.75) is 0 Å². The highest BCUT2D eigenvalue weighted by molar-refractivity contribution is 9.10. The van der Waals surface area contributed by atoms with E-state index < -0.39 is 10.0 Å². The molecule has 0 aliphatic rings. The zero-order valence-corrected chi connectivity index (χ0v) is 17.7. The second-order valence-electron chi connectivity index (χ2n) is 6.09. The van der Waals surface area contributed by atoms with E-state index in [-0.39, 0.29) is 5.82 Å². The fourth-order valence-corrected chi connectivity index (χ4v) is 4.06. The third-order valence-electron chi connectivity index (χ3n) is 3.83. The van der Waals surface area contributed by atoms with Gasteiger partial charge in [-0.1, -0.05) is 17.7 Å². The summed E-state index contributed by atoms with van der Waals surface area (Å²) in [7, 11) is 2.13. The van der Waals surface area contributed by atoms with Crippen LogP contribution < -0.4 is 9.62 Å². The van der Waals surface area contributed by atoms with E-state index in [4.69, 9.17) is 11.6 Å². The molecule has 0 aliphatic heterocycles. The maximum atomic E-state index is 11.7. The predicted octanol–water partition coefficient (Wildman–Crippen LogP) is 3.49. The molecule has 0 saturated carbocycles. The van der Waals surface area contributed by atoms with Gasteiger partial charge in [0.1, 0.15) is 4.60 Å². The van der Waals surface area contributed by atoms with Crippen LogP contribution in [0.4, 0.5) is 11.5 Å². The lowest BCUT2D eigenvalue weighted by atomic mass is 10.0. The first kappa shape index (κ1) is 18.9. The number of benzene rings is 1. The van der Waals surface area contributed by atoms with Crippen molar-refractivity contribution in [2.24, 2.45) is 7.05 Å². The van der Waals surface area contributed by atoms with Crippen LogP contribution in [0.15, 0.2) is 29.0 Å². The van der Waals surface area contributed by atoms with Gasteiger partial charge in [-0.25, -0.2) is 13.4 Å². The number of hydrogen-bond donors (Lipinski definition) is 1. The fraction of sp³-hybridized carbons (Fsp3) is 0.250. The molecule has 0 radical (unpaired) electrons. The van der Waals surface area contributed by atoms with Gasteiger partial charge in [0.25, 0.3) is 0 Å². The van der Waals surface area contributed by atoms with E-state index in [1.54, 1.807) is 24.0 Å². The predicted molar refractivity (Wildman–Crippen MR) is 109 cm³/mol. The van der Waals surface area contributed by atoms with Crippen molar-refractivity contribution in [1.29, 1.82) is 0 Å². The monoisotopic (exact) mass is 457 g/mol. The van der Waals surface area contributed by atoms with E-state index in [0.29, 0.717) is 10.4 Å². The van der Waals surface area contributed by atoms with E-state index in [2.05, 4.69) is 30.7 Å². The Balaban J connectivity index is 2.29. The van der Waals surface area contributed by atoms with Gasteiger partial charge in [-0.3, -0.25) is 9.40 Å². The van der Waals surface area contributed by atoms with Gasteiger partial charge in [-0.2, -0.15) is 5.10 Å². The SMILES string of the molecule is CN(C)c1cc(-c2ccc(Cl)c3c(NS(C)(=O)=O)nn(C)c23)cnc1Br. The Bertz CT molecular complexity index is 1110. The summed E-state index contributed by atoms with van der Waals surface area (Å²) in [5.41, 5.74) is 3.36. The van der Waals surface area contributed by atoms with Crippen LogP contribution in [0.25, 0.3) is 22.0 Å². The molecule has 0 amide bonds. The van der Waals surface area contributed by atoms with Gasteiger partial charge < -0.3 is 4.90 Å². The van der Waals surface area contributed by atoms with E-state index in [9.17, 15) is 8.42 Å². The molecular weight excluding hydrogens is 442 g/mol. The van der Waals surface area contributed by atoms with E-state index in [0.717, 1.165) is 33.2 Å². The number of anilines is 2. The van der Waals surface area contributed by atoms with Gasteiger partial charge in [-0.05, 0) is 28.1 Å². The number of aryl methyl sites for hydroxylation is 1. The average molecular weight is 459 g/mol. The van der Waals surface area contributed by atoms with Crippen LogP contribution in [-0.2, 0) is 17.1 Å². The van der Waals surface area contributed by atoms with E-state index in [1.807, 2.05) is 31.1 Å². The van der Waals surface area contributed by atoms with Gasteiger partial charge in [-0.15, -0.1) is 0 Å². The maximum absolute atomic E-state index is 11.7. The number of nitrogens with one attached hydrogen (secondary N) is 1. The summed E-state index contributed by atoms with van der Waals surface area (Å²) in [6, 6.07) is 5.60. The van der Waals surface area contributed by atoms with Crippen molar-refractivity contribution < 1.29 is 8.42 Å². The number of halogens is 2. The summed E-state index contributed by atoms with van der Waals surface area (Å²) in [4.78, 5) is 6.35. The molecule has 3 aromatic rings.